The number of hydrogen-bond donors (Lipinski definition) is 1. The molecule has 2 heterocycles. The highest BCUT2D eigenvalue weighted by atomic mass is 32.2. The number of sulfonamides is 1. The number of urea groups is 1. The van der Waals surface area contributed by atoms with E-state index >= 15 is 0 Å². The molecule has 178 valence electrons. The molecular weight excluding hydrogens is 449 g/mol. The molecule has 0 bridgehead atoms. The Morgan fingerprint density at radius 3 is 2.45 bits per heavy atom. The van der Waals surface area contributed by atoms with Crippen LogP contribution in [0.15, 0.2) is 48.5 Å². The van der Waals surface area contributed by atoms with Crippen molar-refractivity contribution in [2.75, 3.05) is 46.0 Å². The van der Waals surface area contributed by atoms with Crippen LogP contribution in [0.3, 0.4) is 0 Å². The van der Waals surface area contributed by atoms with Crippen LogP contribution in [0.1, 0.15) is 22.8 Å². The predicted octanol–water partition coefficient (Wildman–Crippen LogP) is 2.27. The van der Waals surface area contributed by atoms with Gasteiger partial charge >= 0.3 is 6.03 Å². The van der Waals surface area contributed by atoms with Crippen LogP contribution >= 0.6 is 0 Å². The third kappa shape index (κ3) is 5.89. The fourth-order valence-electron chi connectivity index (χ4n) is 4.02. The molecule has 1 atom stereocenters. The smallest absolute Gasteiger partial charge is 0.317 e. The third-order valence-electron chi connectivity index (χ3n) is 5.86. The topological polar surface area (TPSA) is 88.2 Å². The highest BCUT2D eigenvalue weighted by Gasteiger charge is 2.28. The molecule has 1 unspecified atom stereocenters. The Bertz CT molecular complexity index is 1080. The summed E-state index contributed by atoms with van der Waals surface area (Å²) in [4.78, 5) is 14.4. The van der Waals surface area contributed by atoms with E-state index in [4.69, 9.17) is 9.47 Å². The van der Waals surface area contributed by atoms with Crippen LogP contribution < -0.4 is 5.32 Å². The number of amides is 2. The largest absolute Gasteiger partial charge is 0.379 e. The maximum Gasteiger partial charge on any atom is 0.317 e. The quantitative estimate of drug-likeness (QED) is 0.690. The van der Waals surface area contributed by atoms with E-state index in [2.05, 4.69) is 5.32 Å². The van der Waals surface area contributed by atoms with Gasteiger partial charge in [-0.3, -0.25) is 0 Å². The fourth-order valence-corrected chi connectivity index (χ4v) is 5.59. The van der Waals surface area contributed by atoms with E-state index in [-0.39, 0.29) is 30.7 Å². The van der Waals surface area contributed by atoms with Crippen molar-refractivity contribution >= 4 is 16.1 Å². The number of carbonyl (C=O) groups is 1. The lowest BCUT2D eigenvalue weighted by Gasteiger charge is -2.33. The van der Waals surface area contributed by atoms with Gasteiger partial charge in [0.1, 0.15) is 11.9 Å². The first kappa shape index (κ1) is 23.6. The molecule has 2 fully saturated rings. The Labute approximate surface area is 193 Å². The molecule has 2 saturated heterocycles. The van der Waals surface area contributed by atoms with E-state index in [1.807, 2.05) is 12.1 Å². The van der Waals surface area contributed by atoms with Crippen LogP contribution in [0.5, 0.6) is 0 Å². The van der Waals surface area contributed by atoms with Crippen LogP contribution in [-0.4, -0.2) is 69.7 Å². The van der Waals surface area contributed by atoms with Gasteiger partial charge in [0.05, 0.1) is 32.1 Å². The van der Waals surface area contributed by atoms with Crippen LogP contribution in [-0.2, 0) is 31.8 Å². The number of hydrogen-bond acceptors (Lipinski definition) is 5. The van der Waals surface area contributed by atoms with Crippen LogP contribution in [0.2, 0.25) is 0 Å². The SMILES string of the molecule is O=C(NCc1ccccc1CS(=O)(=O)N1CCOCC1)N1CCOC(c2ccccc2F)C1. The van der Waals surface area contributed by atoms with Crippen molar-refractivity contribution in [1.29, 1.82) is 0 Å². The summed E-state index contributed by atoms with van der Waals surface area (Å²) >= 11 is 0. The Morgan fingerprint density at radius 1 is 1.00 bits per heavy atom. The number of halogens is 1. The summed E-state index contributed by atoms with van der Waals surface area (Å²) in [6, 6.07) is 13.3. The maximum atomic E-state index is 14.1. The van der Waals surface area contributed by atoms with Crippen LogP contribution in [0.4, 0.5) is 9.18 Å². The summed E-state index contributed by atoms with van der Waals surface area (Å²) in [5.41, 5.74) is 1.81. The van der Waals surface area contributed by atoms with Gasteiger partial charge in [-0.1, -0.05) is 42.5 Å². The summed E-state index contributed by atoms with van der Waals surface area (Å²) < 4.78 is 52.1. The summed E-state index contributed by atoms with van der Waals surface area (Å²) in [5, 5.41) is 2.87. The lowest BCUT2D eigenvalue weighted by molar-refractivity contribution is -0.0171. The molecule has 0 radical (unpaired) electrons. The second kappa shape index (κ2) is 10.6. The molecule has 10 heteroatoms. The molecule has 0 aromatic heterocycles. The van der Waals surface area contributed by atoms with Gasteiger partial charge < -0.3 is 19.7 Å². The number of benzene rings is 2. The van der Waals surface area contributed by atoms with Gasteiger partial charge in [-0.2, -0.15) is 4.31 Å². The van der Waals surface area contributed by atoms with Crippen molar-refractivity contribution in [1.82, 2.24) is 14.5 Å². The predicted molar refractivity (Wildman–Crippen MR) is 120 cm³/mol. The maximum absolute atomic E-state index is 14.1. The molecule has 33 heavy (non-hydrogen) atoms. The molecule has 2 aliphatic heterocycles. The lowest BCUT2D eigenvalue weighted by Crippen LogP contribution is -2.47. The molecule has 1 N–H and O–H groups in total. The van der Waals surface area contributed by atoms with Crippen molar-refractivity contribution in [3.8, 4) is 0 Å². The average molecular weight is 478 g/mol. The van der Waals surface area contributed by atoms with E-state index < -0.39 is 16.1 Å². The van der Waals surface area contributed by atoms with Crippen LogP contribution in [0.25, 0.3) is 0 Å². The molecule has 0 saturated carbocycles. The van der Waals surface area contributed by atoms with Crippen LogP contribution in [0, 0.1) is 5.82 Å². The van der Waals surface area contributed by atoms with Crippen molar-refractivity contribution in [2.45, 2.75) is 18.4 Å². The van der Waals surface area contributed by atoms with Crippen molar-refractivity contribution < 1.29 is 27.1 Å². The Morgan fingerprint density at radius 2 is 1.70 bits per heavy atom. The minimum atomic E-state index is -3.48. The number of nitrogens with one attached hydrogen (secondary N) is 1. The Balaban J connectivity index is 1.38. The first-order chi connectivity index (χ1) is 15.9. The highest BCUT2D eigenvalue weighted by Crippen LogP contribution is 2.24. The average Bonchev–Trinajstić information content (AvgIpc) is 2.84. The second-order valence-electron chi connectivity index (χ2n) is 8.02. The summed E-state index contributed by atoms with van der Waals surface area (Å²) in [7, 11) is -3.48. The lowest BCUT2D eigenvalue weighted by atomic mass is 10.1. The van der Waals surface area contributed by atoms with Crippen molar-refractivity contribution in [3.63, 3.8) is 0 Å². The zero-order valence-corrected chi connectivity index (χ0v) is 19.1. The second-order valence-corrected chi connectivity index (χ2v) is 9.99. The van der Waals surface area contributed by atoms with Gasteiger partial charge in [0.25, 0.3) is 0 Å². The molecule has 4 rings (SSSR count). The van der Waals surface area contributed by atoms with Gasteiger partial charge in [0.15, 0.2) is 0 Å². The summed E-state index contributed by atoms with van der Waals surface area (Å²) in [5.74, 6) is -0.494. The zero-order valence-electron chi connectivity index (χ0n) is 18.3. The normalized spacial score (nSPS) is 19.9. The van der Waals surface area contributed by atoms with E-state index in [0.717, 1.165) is 5.56 Å². The number of morpholine rings is 2. The first-order valence-corrected chi connectivity index (χ1v) is 12.6. The number of carbonyl (C=O) groups excluding carboxylic acids is 1. The molecule has 2 aliphatic rings. The first-order valence-electron chi connectivity index (χ1n) is 11.0. The molecule has 0 aliphatic carbocycles. The molecular formula is C23H28FN3O5S. The van der Waals surface area contributed by atoms with E-state index in [0.29, 0.717) is 50.6 Å². The third-order valence-corrected chi connectivity index (χ3v) is 7.68. The van der Waals surface area contributed by atoms with Gasteiger partial charge in [-0.15, -0.1) is 0 Å². The fraction of sp³-hybridized carbons (Fsp3) is 0.435. The van der Waals surface area contributed by atoms with Crippen molar-refractivity contribution in [2.24, 2.45) is 0 Å². The summed E-state index contributed by atoms with van der Waals surface area (Å²) in [6.45, 7) is 2.61. The minimum Gasteiger partial charge on any atom is -0.379 e. The van der Waals surface area contributed by atoms with E-state index in [1.165, 1.54) is 10.4 Å². The standard InChI is InChI=1S/C23H28FN3O5S/c24-21-8-4-3-7-20(21)22-16-26(9-14-32-22)23(28)25-15-18-5-1-2-6-19(18)17-33(29,30)27-10-12-31-13-11-27/h1-8,22H,9-17H2,(H,25,28). The van der Waals surface area contributed by atoms with Gasteiger partial charge in [0.2, 0.25) is 10.0 Å². The van der Waals surface area contributed by atoms with Gasteiger partial charge in [0, 0.05) is 31.7 Å². The molecule has 2 amide bonds. The summed E-state index contributed by atoms with van der Waals surface area (Å²) in [6.07, 6.45) is -0.531. The zero-order chi connectivity index (χ0) is 23.3. The van der Waals surface area contributed by atoms with Gasteiger partial charge in [-0.05, 0) is 17.2 Å². The number of rotatable bonds is 6. The number of nitrogens with zero attached hydrogens (tertiary/aromatic N) is 2. The molecule has 0 spiro atoms. The Kier molecular flexibility index (Phi) is 7.59. The Hall–Kier alpha value is -2.53. The number of ether oxygens (including phenoxy) is 2. The van der Waals surface area contributed by atoms with Crippen molar-refractivity contribution in [3.05, 3.63) is 71.0 Å². The monoisotopic (exact) mass is 477 g/mol. The van der Waals surface area contributed by atoms with E-state index in [9.17, 15) is 17.6 Å². The van der Waals surface area contributed by atoms with E-state index in [1.54, 1.807) is 35.2 Å². The molecule has 2 aromatic rings. The van der Waals surface area contributed by atoms with Gasteiger partial charge in [-0.25, -0.2) is 17.6 Å². The molecule has 2 aromatic carbocycles. The minimum absolute atomic E-state index is 0.133. The highest BCUT2D eigenvalue weighted by molar-refractivity contribution is 7.88. The molecule has 8 nitrogen and oxygen atoms in total.